The first kappa shape index (κ1) is 84.0. The number of ether oxygens (including phenoxy) is 11. The van der Waals surface area contributed by atoms with Crippen molar-refractivity contribution in [3.05, 3.63) is 128 Å². The van der Waals surface area contributed by atoms with Crippen LogP contribution in [0.3, 0.4) is 0 Å². The van der Waals surface area contributed by atoms with Crippen LogP contribution in [0.1, 0.15) is 60.8 Å². The highest BCUT2D eigenvalue weighted by molar-refractivity contribution is 7.93. The van der Waals surface area contributed by atoms with Crippen LogP contribution >= 0.6 is 0 Å². The number of carbonyl (C=O) groups is 7. The summed E-state index contributed by atoms with van der Waals surface area (Å²) < 4.78 is 141. The minimum Gasteiger partial charge on any atom is -0.542 e. The van der Waals surface area contributed by atoms with E-state index in [1.165, 1.54) is 130 Å². The molecule has 99 heavy (non-hydrogen) atoms. The molecule has 5 aromatic rings. The summed E-state index contributed by atoms with van der Waals surface area (Å²) in [5, 5.41) is 46.0. The van der Waals surface area contributed by atoms with E-state index < -0.39 is 72.4 Å². The van der Waals surface area contributed by atoms with Gasteiger partial charge in [-0.15, -0.1) is 0 Å². The van der Waals surface area contributed by atoms with E-state index in [9.17, 15) is 68.9 Å². The SMILES string of the molecule is COc1cc(OC)c(/C=C/S(=O)(=O)Cc2ccc(OC)c(OC(=O)NCCNC(=O)CCCC(=O)O)c2)c(OC)c1.COc1cc(OC)c(/C=C/S(=O)(=O)Cc2ccc(OC)c(OC(=O)Oc3ccc([N+](=O)[O-])cc3)c2)c(OC)c1.NCCNC(=O)CCCC(=O)O.O=C([O-])C(F)(F)F. The molecule has 0 aliphatic heterocycles. The van der Waals surface area contributed by atoms with Gasteiger partial charge in [0.15, 0.2) is 42.7 Å². The number of carbonyl (C=O) groups excluding carboxylic acids is 5. The number of aliphatic carboxylic acids is 3. The summed E-state index contributed by atoms with van der Waals surface area (Å²) in [4.78, 5) is 86.6. The van der Waals surface area contributed by atoms with Crippen LogP contribution in [0.2, 0.25) is 0 Å². The zero-order valence-corrected chi connectivity index (χ0v) is 56.1. The van der Waals surface area contributed by atoms with Crippen molar-refractivity contribution in [1.29, 1.82) is 0 Å². The predicted octanol–water partition coefficient (Wildman–Crippen LogP) is 6.17. The van der Waals surface area contributed by atoms with Gasteiger partial charge in [0, 0.05) is 99.1 Å². The molecule has 0 heterocycles. The number of amides is 3. The number of alkyl halides is 3. The number of hydrogen-bond donors (Lipinski definition) is 6. The highest BCUT2D eigenvalue weighted by Crippen LogP contribution is 2.38. The van der Waals surface area contributed by atoms with E-state index in [0.29, 0.717) is 76.3 Å². The molecular formula is C62H73F3N5O27S2-. The molecule has 542 valence electrons. The monoisotopic (exact) mass is 1440 g/mol. The van der Waals surface area contributed by atoms with Crippen molar-refractivity contribution in [1.82, 2.24) is 16.0 Å². The molecule has 0 fully saturated rings. The van der Waals surface area contributed by atoms with Gasteiger partial charge in [0.1, 0.15) is 46.2 Å². The molecule has 37 heteroatoms. The number of nitrogens with zero attached hydrogens (tertiary/aromatic N) is 1. The molecule has 5 aromatic carbocycles. The molecule has 0 saturated heterocycles. The molecule has 0 spiro atoms. The number of hydrogen-bond acceptors (Lipinski definition) is 26. The second-order valence-corrected chi connectivity index (χ2v) is 23.1. The van der Waals surface area contributed by atoms with Crippen molar-refractivity contribution in [3.8, 4) is 63.2 Å². The second kappa shape index (κ2) is 42.5. The quantitative estimate of drug-likeness (QED) is 0.00898. The second-order valence-electron chi connectivity index (χ2n) is 19.4. The lowest BCUT2D eigenvalue weighted by molar-refractivity contribution is -0.384. The summed E-state index contributed by atoms with van der Waals surface area (Å²) in [6.07, 6.45) is -3.64. The molecular weight excluding hydrogens is 1370 g/mol. The fourth-order valence-corrected chi connectivity index (χ4v) is 9.78. The third-order valence-corrected chi connectivity index (χ3v) is 14.8. The zero-order chi connectivity index (χ0) is 74.5. The third kappa shape index (κ3) is 32.0. The Morgan fingerprint density at radius 1 is 0.505 bits per heavy atom. The van der Waals surface area contributed by atoms with E-state index in [2.05, 4.69) is 16.0 Å². The van der Waals surface area contributed by atoms with Crippen LogP contribution in [0, 0.1) is 10.1 Å². The van der Waals surface area contributed by atoms with Gasteiger partial charge in [-0.2, -0.15) is 13.2 Å². The van der Waals surface area contributed by atoms with E-state index >= 15 is 0 Å². The Bertz CT molecular complexity index is 3800. The van der Waals surface area contributed by atoms with Crippen LogP contribution < -0.4 is 78.9 Å². The van der Waals surface area contributed by atoms with Crippen molar-refractivity contribution >= 4 is 79.5 Å². The average Bonchev–Trinajstić information content (AvgIpc) is 0.833. The summed E-state index contributed by atoms with van der Waals surface area (Å²) >= 11 is 0. The summed E-state index contributed by atoms with van der Waals surface area (Å²) in [6, 6.07) is 19.9. The Kier molecular flexibility index (Phi) is 36.0. The number of methoxy groups -OCH3 is 8. The Morgan fingerprint density at radius 2 is 0.879 bits per heavy atom. The number of carboxylic acids is 3. The molecule has 0 radical (unpaired) electrons. The van der Waals surface area contributed by atoms with Crippen molar-refractivity contribution in [2.24, 2.45) is 5.73 Å². The number of nitro groups is 1. The van der Waals surface area contributed by atoms with E-state index in [4.69, 9.17) is 78.0 Å². The van der Waals surface area contributed by atoms with Crippen LogP contribution in [-0.2, 0) is 55.2 Å². The van der Waals surface area contributed by atoms with Gasteiger partial charge in [-0.1, -0.05) is 12.1 Å². The maximum absolute atomic E-state index is 12.9. The van der Waals surface area contributed by atoms with E-state index in [1.807, 2.05) is 0 Å². The fraction of sp³-hybridized carbons (Fsp3) is 0.339. The third-order valence-electron chi connectivity index (χ3n) is 12.2. The largest absolute Gasteiger partial charge is 0.542 e. The van der Waals surface area contributed by atoms with Crippen molar-refractivity contribution in [3.63, 3.8) is 0 Å². The average molecular weight is 1440 g/mol. The Hall–Kier alpha value is -11.1. The van der Waals surface area contributed by atoms with Gasteiger partial charge in [-0.3, -0.25) is 29.3 Å². The topological polar surface area (TPSA) is 458 Å². The smallest absolute Gasteiger partial charge is 0.519 e. The van der Waals surface area contributed by atoms with Gasteiger partial charge in [-0.05, 0) is 72.5 Å². The lowest BCUT2D eigenvalue weighted by Crippen LogP contribution is -2.37. The van der Waals surface area contributed by atoms with Gasteiger partial charge in [0.25, 0.3) is 5.69 Å². The Labute approximate surface area is 565 Å². The summed E-state index contributed by atoms with van der Waals surface area (Å²) in [6.45, 7) is 1.01. The minimum atomic E-state index is -5.19. The fourth-order valence-electron chi connectivity index (χ4n) is 7.61. The first-order valence-corrected chi connectivity index (χ1v) is 31.9. The standard InChI is InChI=1S/C27H34N2O11S.C26H25NO11S.C7H14N2O3.C2HF3O2/c1-36-19-15-22(38-3)20(23(16-19)39-4)10-13-41(34,35)17-18-8-9-21(37-2)24(14-18)40-27(33)29-12-11-28-25(30)6-5-7-26(31)32;1-33-20-14-23(35-3)21(24(15-20)36-4)11-12-39(31,32)16-17-5-10-22(34-2)25(13-17)38-26(28)37-19-8-6-18(7-9-19)27(29)30;8-4-5-9-6(10)2-1-3-7(11)12;3-2(4,5)1(6)7/h8-10,13-16H,5-7,11-12,17H2,1-4H3,(H,28,30)(H,29,33)(H,31,32);5-15H,16H2,1-4H3;1-5,8H2,(H,9,10)(H,11,12);(H,6,7)/p-1/b13-10+;12-11+;;. The zero-order valence-electron chi connectivity index (χ0n) is 54.5. The number of sulfone groups is 2. The molecule has 32 nitrogen and oxygen atoms in total. The Balaban J connectivity index is 0.000000533. The van der Waals surface area contributed by atoms with Gasteiger partial charge < -0.3 is 93.9 Å². The van der Waals surface area contributed by atoms with Gasteiger partial charge >= 0.3 is 30.4 Å². The number of nitrogens with one attached hydrogen (secondary N) is 3. The van der Waals surface area contributed by atoms with Crippen molar-refractivity contribution in [2.75, 3.05) is 83.1 Å². The molecule has 7 N–H and O–H groups in total. The Morgan fingerprint density at radius 3 is 1.22 bits per heavy atom. The normalized spacial score (nSPS) is 10.9. The lowest BCUT2D eigenvalue weighted by Gasteiger charge is -2.13. The molecule has 0 aliphatic rings. The number of non-ortho nitro benzene ring substituents is 1. The maximum Gasteiger partial charge on any atom is 0.519 e. The highest BCUT2D eigenvalue weighted by Gasteiger charge is 2.29. The first-order valence-electron chi connectivity index (χ1n) is 28.5. The number of rotatable bonds is 33. The molecule has 5 rings (SSSR count). The minimum absolute atomic E-state index is 0.00196. The van der Waals surface area contributed by atoms with E-state index in [0.717, 1.165) is 10.8 Å². The van der Waals surface area contributed by atoms with Crippen LogP contribution in [0.4, 0.5) is 28.4 Å². The van der Waals surface area contributed by atoms with Gasteiger partial charge in [0.05, 0.1) is 84.4 Å². The number of carboxylic acid groups (broad SMARTS) is 3. The number of benzene rings is 5. The highest BCUT2D eigenvalue weighted by atomic mass is 32.2. The molecule has 0 unspecified atom stereocenters. The van der Waals surface area contributed by atoms with Crippen LogP contribution in [0.25, 0.3) is 12.2 Å². The van der Waals surface area contributed by atoms with Gasteiger partial charge in [0.2, 0.25) is 11.8 Å². The van der Waals surface area contributed by atoms with Crippen molar-refractivity contribution < 1.29 is 136 Å². The number of halogens is 3. The summed E-state index contributed by atoms with van der Waals surface area (Å²) in [5.74, 6) is -3.51. The predicted molar refractivity (Wildman–Crippen MR) is 344 cm³/mol. The lowest BCUT2D eigenvalue weighted by atomic mass is 10.1. The van der Waals surface area contributed by atoms with Crippen LogP contribution in [0.5, 0.6) is 63.2 Å². The molecule has 0 saturated carbocycles. The van der Waals surface area contributed by atoms with E-state index in [1.54, 1.807) is 24.3 Å². The molecule has 3 amide bonds. The molecule has 0 atom stereocenters. The first-order chi connectivity index (χ1) is 46.7. The van der Waals surface area contributed by atoms with E-state index in [-0.39, 0.29) is 91.4 Å². The number of nitrogens with two attached hydrogens (primary N) is 1. The van der Waals surface area contributed by atoms with Crippen LogP contribution in [0.15, 0.2) is 95.7 Å². The van der Waals surface area contributed by atoms with Crippen LogP contribution in [-0.4, -0.2) is 163 Å². The molecule has 0 aliphatic carbocycles. The molecule has 0 bridgehead atoms. The van der Waals surface area contributed by atoms with Crippen molar-refractivity contribution in [2.45, 2.75) is 56.2 Å². The maximum atomic E-state index is 12.9. The summed E-state index contributed by atoms with van der Waals surface area (Å²) in [5.41, 5.74) is 6.41. The summed E-state index contributed by atoms with van der Waals surface area (Å²) in [7, 11) is 3.83. The van der Waals surface area contributed by atoms with Gasteiger partial charge in [-0.25, -0.2) is 26.4 Å². The molecule has 0 aromatic heterocycles. The number of nitro benzene ring substituents is 1.